The van der Waals surface area contributed by atoms with E-state index in [9.17, 15) is 4.79 Å². The van der Waals surface area contributed by atoms with Crippen molar-refractivity contribution in [3.05, 3.63) is 29.5 Å². The van der Waals surface area contributed by atoms with Gasteiger partial charge in [0.05, 0.1) is 11.8 Å². The number of hydrogen-bond donors (Lipinski definition) is 1. The Morgan fingerprint density at radius 3 is 2.80 bits per heavy atom. The van der Waals surface area contributed by atoms with Gasteiger partial charge in [0.25, 0.3) is 0 Å². The molecular weight excluding hydrogens is 324 g/mol. The molecule has 1 amide bonds. The van der Waals surface area contributed by atoms with Crippen LogP contribution in [0.5, 0.6) is 0 Å². The zero-order valence-corrected chi connectivity index (χ0v) is 14.8. The molecule has 0 aliphatic rings. The van der Waals surface area contributed by atoms with Gasteiger partial charge >= 0.3 is 6.09 Å². The van der Waals surface area contributed by atoms with Crippen LogP contribution in [-0.2, 0) is 11.3 Å². The summed E-state index contributed by atoms with van der Waals surface area (Å²) >= 11 is 0. The highest BCUT2D eigenvalue weighted by atomic mass is 16.6. The lowest BCUT2D eigenvalue weighted by atomic mass is 10.2. The molecule has 0 fully saturated rings. The van der Waals surface area contributed by atoms with Gasteiger partial charge in [-0.15, -0.1) is 0 Å². The summed E-state index contributed by atoms with van der Waals surface area (Å²) in [7, 11) is 0. The minimum Gasteiger partial charge on any atom is -0.444 e. The van der Waals surface area contributed by atoms with Crippen molar-refractivity contribution in [2.24, 2.45) is 0 Å². The highest BCUT2D eigenvalue weighted by molar-refractivity contribution is 5.72. The third-order valence-corrected chi connectivity index (χ3v) is 3.27. The van der Waals surface area contributed by atoms with Gasteiger partial charge < -0.3 is 14.6 Å². The van der Waals surface area contributed by atoms with Gasteiger partial charge in [-0.25, -0.2) is 14.3 Å². The van der Waals surface area contributed by atoms with Gasteiger partial charge in [0.15, 0.2) is 5.65 Å². The van der Waals surface area contributed by atoms with Crippen LogP contribution in [0, 0.1) is 13.8 Å². The van der Waals surface area contributed by atoms with Gasteiger partial charge in [-0.2, -0.15) is 10.1 Å². The second-order valence-corrected chi connectivity index (χ2v) is 6.70. The molecule has 0 aromatic carbocycles. The largest absolute Gasteiger partial charge is 0.444 e. The predicted molar refractivity (Wildman–Crippen MR) is 88.8 cm³/mol. The molecule has 0 unspecified atom stereocenters. The Labute approximate surface area is 144 Å². The van der Waals surface area contributed by atoms with Crippen LogP contribution in [0.25, 0.3) is 17.0 Å². The number of aryl methyl sites for hydroxylation is 2. The second-order valence-electron chi connectivity index (χ2n) is 6.70. The van der Waals surface area contributed by atoms with Crippen LogP contribution in [0.2, 0.25) is 0 Å². The number of carbonyl (C=O) groups is 1. The number of rotatable bonds is 3. The molecular formula is C16H20N6O3. The van der Waals surface area contributed by atoms with Crippen molar-refractivity contribution >= 4 is 11.7 Å². The Morgan fingerprint density at radius 1 is 1.32 bits per heavy atom. The van der Waals surface area contributed by atoms with Crippen LogP contribution in [0.4, 0.5) is 4.79 Å². The molecule has 0 radical (unpaired) electrons. The standard InChI is InChI=1S/C16H20N6O3/c1-9-6-10(2)22-14(19-9)11(7-18-22)13-20-12(25-21-13)8-17-15(23)24-16(3,4)5/h6-7H,8H2,1-5H3,(H,17,23). The molecule has 9 heteroatoms. The maximum atomic E-state index is 11.7. The van der Waals surface area contributed by atoms with Gasteiger partial charge in [0, 0.05) is 11.4 Å². The van der Waals surface area contributed by atoms with E-state index in [1.165, 1.54) is 0 Å². The number of nitrogens with one attached hydrogen (secondary N) is 1. The Hall–Kier alpha value is -2.97. The van der Waals surface area contributed by atoms with Crippen molar-refractivity contribution in [1.82, 2.24) is 30.1 Å². The fraction of sp³-hybridized carbons (Fsp3) is 0.438. The van der Waals surface area contributed by atoms with Crippen molar-refractivity contribution in [3.63, 3.8) is 0 Å². The van der Waals surface area contributed by atoms with Crippen molar-refractivity contribution in [3.8, 4) is 11.4 Å². The van der Waals surface area contributed by atoms with E-state index in [1.807, 2.05) is 19.9 Å². The highest BCUT2D eigenvalue weighted by Gasteiger charge is 2.18. The maximum Gasteiger partial charge on any atom is 0.408 e. The molecule has 9 nitrogen and oxygen atoms in total. The van der Waals surface area contributed by atoms with Gasteiger partial charge in [-0.05, 0) is 40.7 Å². The van der Waals surface area contributed by atoms with E-state index in [4.69, 9.17) is 9.26 Å². The summed E-state index contributed by atoms with van der Waals surface area (Å²) in [5.41, 5.74) is 2.60. The number of fused-ring (bicyclic) bond motifs is 1. The topological polar surface area (TPSA) is 107 Å². The molecule has 3 heterocycles. The quantitative estimate of drug-likeness (QED) is 0.777. The molecule has 0 saturated heterocycles. The van der Waals surface area contributed by atoms with E-state index in [1.54, 1.807) is 31.5 Å². The summed E-state index contributed by atoms with van der Waals surface area (Å²) in [4.78, 5) is 20.4. The van der Waals surface area contributed by atoms with Crippen LogP contribution in [0.15, 0.2) is 16.8 Å². The van der Waals surface area contributed by atoms with Crippen LogP contribution >= 0.6 is 0 Å². The zero-order chi connectivity index (χ0) is 18.2. The van der Waals surface area contributed by atoms with Gasteiger partial charge in [-0.1, -0.05) is 5.16 Å². The van der Waals surface area contributed by atoms with Crippen molar-refractivity contribution in [2.75, 3.05) is 0 Å². The summed E-state index contributed by atoms with van der Waals surface area (Å²) in [5, 5.41) is 10.8. The van der Waals surface area contributed by atoms with Crippen LogP contribution in [-0.4, -0.2) is 36.4 Å². The number of aromatic nitrogens is 5. The van der Waals surface area contributed by atoms with Crippen molar-refractivity contribution in [2.45, 2.75) is 46.8 Å². The first-order valence-electron chi connectivity index (χ1n) is 7.85. The summed E-state index contributed by atoms with van der Waals surface area (Å²) in [5.74, 6) is 0.637. The lowest BCUT2D eigenvalue weighted by Crippen LogP contribution is -2.32. The van der Waals surface area contributed by atoms with E-state index >= 15 is 0 Å². The number of nitrogens with zero attached hydrogens (tertiary/aromatic N) is 5. The van der Waals surface area contributed by atoms with Crippen LogP contribution in [0.1, 0.15) is 38.0 Å². The molecule has 0 atom stereocenters. The Morgan fingerprint density at radius 2 is 2.08 bits per heavy atom. The SMILES string of the molecule is Cc1cc(C)n2ncc(-c3noc(CNC(=O)OC(C)(C)C)n3)c2n1. The minimum atomic E-state index is -0.567. The third-order valence-electron chi connectivity index (χ3n) is 3.27. The number of ether oxygens (including phenoxy) is 1. The fourth-order valence-electron chi connectivity index (χ4n) is 2.33. The number of hydrogen-bond acceptors (Lipinski definition) is 7. The summed E-state index contributed by atoms with van der Waals surface area (Å²) < 4.78 is 12.1. The van der Waals surface area contributed by atoms with Gasteiger partial charge in [0.2, 0.25) is 11.7 Å². The monoisotopic (exact) mass is 344 g/mol. The summed E-state index contributed by atoms with van der Waals surface area (Å²) in [6.45, 7) is 9.31. The lowest BCUT2D eigenvalue weighted by molar-refractivity contribution is 0.0518. The molecule has 0 aliphatic carbocycles. The van der Waals surface area contributed by atoms with E-state index in [-0.39, 0.29) is 12.4 Å². The molecule has 3 rings (SSSR count). The molecule has 1 N–H and O–H groups in total. The molecule has 25 heavy (non-hydrogen) atoms. The van der Waals surface area contributed by atoms with E-state index in [0.717, 1.165) is 11.4 Å². The van der Waals surface area contributed by atoms with Crippen molar-refractivity contribution in [1.29, 1.82) is 0 Å². The fourth-order valence-corrected chi connectivity index (χ4v) is 2.33. The molecule has 3 aromatic rings. The lowest BCUT2D eigenvalue weighted by Gasteiger charge is -2.19. The molecule has 0 spiro atoms. The Kier molecular flexibility index (Phi) is 4.15. The zero-order valence-electron chi connectivity index (χ0n) is 14.8. The Bertz CT molecular complexity index is 922. The number of carbonyl (C=O) groups excluding carboxylic acids is 1. The third kappa shape index (κ3) is 3.76. The summed E-state index contributed by atoms with van der Waals surface area (Å²) in [6, 6.07) is 1.94. The number of amides is 1. The smallest absolute Gasteiger partial charge is 0.408 e. The van der Waals surface area contributed by atoms with Gasteiger partial charge in [0.1, 0.15) is 12.1 Å². The average Bonchev–Trinajstić information content (AvgIpc) is 3.09. The van der Waals surface area contributed by atoms with E-state index < -0.39 is 11.7 Å². The maximum absolute atomic E-state index is 11.7. The van der Waals surface area contributed by atoms with Crippen LogP contribution < -0.4 is 5.32 Å². The molecule has 0 saturated carbocycles. The Balaban J connectivity index is 1.77. The minimum absolute atomic E-state index is 0.0760. The first kappa shape index (κ1) is 16.9. The first-order chi connectivity index (χ1) is 11.7. The van der Waals surface area contributed by atoms with E-state index in [2.05, 4.69) is 25.5 Å². The number of alkyl carbamates (subject to hydrolysis) is 1. The molecule has 3 aromatic heterocycles. The normalized spacial score (nSPS) is 11.7. The summed E-state index contributed by atoms with van der Waals surface area (Å²) in [6.07, 6.45) is 1.10. The van der Waals surface area contributed by atoms with Crippen LogP contribution in [0.3, 0.4) is 0 Å². The average molecular weight is 344 g/mol. The predicted octanol–water partition coefficient (Wildman–Crippen LogP) is 2.42. The molecule has 132 valence electrons. The van der Waals surface area contributed by atoms with Gasteiger partial charge in [-0.3, -0.25) is 0 Å². The first-order valence-corrected chi connectivity index (χ1v) is 7.85. The highest BCUT2D eigenvalue weighted by Crippen LogP contribution is 2.21. The molecule has 0 bridgehead atoms. The second kappa shape index (κ2) is 6.15. The van der Waals surface area contributed by atoms with Crippen molar-refractivity contribution < 1.29 is 14.1 Å². The van der Waals surface area contributed by atoms with E-state index in [0.29, 0.717) is 17.0 Å². The molecule has 0 aliphatic heterocycles.